The van der Waals surface area contributed by atoms with E-state index in [1.165, 1.54) is 17.4 Å². The number of thiophene rings is 1. The molecule has 2 heterocycles. The maximum Gasteiger partial charge on any atom is 0.341 e. The number of hydrogen-bond donors (Lipinski definition) is 1. The van der Waals surface area contributed by atoms with Gasteiger partial charge in [0.15, 0.2) is 0 Å². The van der Waals surface area contributed by atoms with Crippen molar-refractivity contribution in [1.29, 1.82) is 0 Å². The molecule has 0 bridgehead atoms. The van der Waals surface area contributed by atoms with Crippen molar-refractivity contribution in [2.24, 2.45) is 0 Å². The zero-order valence-electron chi connectivity index (χ0n) is 12.1. The molecule has 0 aliphatic rings. The first-order chi connectivity index (χ1) is 11.1. The predicted octanol–water partition coefficient (Wildman–Crippen LogP) is 5.12. The molecule has 0 amide bonds. The Hall–Kier alpha value is -1.99. The number of benzene rings is 1. The van der Waals surface area contributed by atoms with Crippen LogP contribution in [0.3, 0.4) is 0 Å². The van der Waals surface area contributed by atoms with Crippen molar-refractivity contribution in [2.45, 2.75) is 6.92 Å². The number of nitrogens with zero attached hydrogens (tertiary/aromatic N) is 1. The van der Waals surface area contributed by atoms with Gasteiger partial charge in [-0.05, 0) is 37.3 Å². The summed E-state index contributed by atoms with van der Waals surface area (Å²) in [4.78, 5) is 17.2. The van der Waals surface area contributed by atoms with Crippen LogP contribution < -0.4 is 5.32 Å². The minimum atomic E-state index is -0.452. The Morgan fingerprint density at radius 3 is 3.00 bits per heavy atom. The van der Waals surface area contributed by atoms with Gasteiger partial charge < -0.3 is 10.1 Å². The van der Waals surface area contributed by atoms with E-state index in [2.05, 4.69) is 26.2 Å². The third kappa shape index (κ3) is 3.20. The second-order valence-corrected chi connectivity index (χ2v) is 6.55. The summed E-state index contributed by atoms with van der Waals surface area (Å²) in [5, 5.41) is 4.18. The van der Waals surface area contributed by atoms with Crippen molar-refractivity contribution < 1.29 is 13.9 Å². The molecule has 0 saturated heterocycles. The topological polar surface area (TPSA) is 51.2 Å². The minimum absolute atomic E-state index is 0.266. The number of ether oxygens (including phenoxy) is 1. The maximum atomic E-state index is 14.1. The van der Waals surface area contributed by atoms with Crippen molar-refractivity contribution in [3.63, 3.8) is 0 Å². The van der Waals surface area contributed by atoms with E-state index in [0.717, 1.165) is 0 Å². The Bertz CT molecular complexity index is 882. The molecular formula is C16H12BrFN2O2S. The molecule has 0 saturated carbocycles. The molecule has 0 unspecified atom stereocenters. The van der Waals surface area contributed by atoms with E-state index in [-0.39, 0.29) is 12.3 Å². The summed E-state index contributed by atoms with van der Waals surface area (Å²) >= 11 is 4.50. The van der Waals surface area contributed by atoms with E-state index in [0.29, 0.717) is 25.3 Å². The molecule has 0 atom stereocenters. The second-order valence-electron chi connectivity index (χ2n) is 4.63. The summed E-state index contributed by atoms with van der Waals surface area (Å²) in [5.74, 6) is -0.869. The third-order valence-corrected chi connectivity index (χ3v) is 4.65. The highest BCUT2D eigenvalue weighted by Crippen LogP contribution is 2.37. The molecule has 3 rings (SSSR count). The van der Waals surface area contributed by atoms with E-state index in [9.17, 15) is 9.18 Å². The number of aromatic nitrogens is 1. The minimum Gasteiger partial charge on any atom is -0.462 e. The molecule has 0 radical (unpaired) electrons. The lowest BCUT2D eigenvalue weighted by Crippen LogP contribution is -2.06. The Kier molecular flexibility index (Phi) is 4.58. The van der Waals surface area contributed by atoms with Gasteiger partial charge in [-0.2, -0.15) is 0 Å². The number of fused-ring (bicyclic) bond motifs is 1. The van der Waals surface area contributed by atoms with E-state index in [1.807, 2.05) is 0 Å². The molecule has 1 aromatic carbocycles. The van der Waals surface area contributed by atoms with Crippen molar-refractivity contribution in [3.8, 4) is 0 Å². The van der Waals surface area contributed by atoms with E-state index in [1.54, 1.807) is 37.4 Å². The van der Waals surface area contributed by atoms with Crippen molar-refractivity contribution in [2.75, 3.05) is 11.9 Å². The largest absolute Gasteiger partial charge is 0.462 e. The highest BCUT2D eigenvalue weighted by Gasteiger charge is 2.21. The number of esters is 1. The summed E-state index contributed by atoms with van der Waals surface area (Å²) in [6, 6.07) is 8.24. The molecule has 1 N–H and O–H groups in total. The molecule has 23 heavy (non-hydrogen) atoms. The van der Waals surface area contributed by atoms with Crippen LogP contribution in [0.5, 0.6) is 0 Å². The Morgan fingerprint density at radius 1 is 1.43 bits per heavy atom. The van der Waals surface area contributed by atoms with Gasteiger partial charge in [-0.1, -0.05) is 27.3 Å². The summed E-state index contributed by atoms with van der Waals surface area (Å²) in [7, 11) is 0. The molecule has 3 aromatic rings. The average Bonchev–Trinajstić information content (AvgIpc) is 2.88. The Morgan fingerprint density at radius 2 is 2.26 bits per heavy atom. The van der Waals surface area contributed by atoms with E-state index in [4.69, 9.17) is 4.74 Å². The highest BCUT2D eigenvalue weighted by molar-refractivity contribution is 9.10. The lowest BCUT2D eigenvalue weighted by atomic mass is 10.2. The van der Waals surface area contributed by atoms with Gasteiger partial charge >= 0.3 is 5.97 Å². The zero-order chi connectivity index (χ0) is 16.4. The van der Waals surface area contributed by atoms with Gasteiger partial charge in [0.2, 0.25) is 0 Å². The summed E-state index contributed by atoms with van der Waals surface area (Å²) < 4.78 is 19.8. The molecule has 0 aliphatic heterocycles. The summed E-state index contributed by atoms with van der Waals surface area (Å²) in [6.45, 7) is 2.01. The van der Waals surface area contributed by atoms with Crippen LogP contribution in [0, 0.1) is 5.82 Å². The summed E-state index contributed by atoms with van der Waals surface area (Å²) in [5.41, 5.74) is 0.660. The molecule has 0 fully saturated rings. The highest BCUT2D eigenvalue weighted by atomic mass is 79.9. The van der Waals surface area contributed by atoms with Crippen LogP contribution in [0.2, 0.25) is 0 Å². The Labute approximate surface area is 144 Å². The van der Waals surface area contributed by atoms with Gasteiger partial charge in [-0.3, -0.25) is 0 Å². The summed E-state index contributed by atoms with van der Waals surface area (Å²) in [6.07, 6.45) is 1.65. The number of hydrogen-bond acceptors (Lipinski definition) is 5. The lowest BCUT2D eigenvalue weighted by molar-refractivity contribution is 0.0530. The standard InChI is InChI=1S/C16H12BrFN2O2S/c1-2-22-16(21)13-10-4-3-7-19-14(10)23-15(13)20-12-6-5-9(17)8-11(12)18/h3-8,20H,2H2,1H3. The van der Waals surface area contributed by atoms with Crippen LogP contribution in [0.15, 0.2) is 41.0 Å². The zero-order valence-corrected chi connectivity index (χ0v) is 14.5. The Balaban J connectivity index is 2.09. The predicted molar refractivity (Wildman–Crippen MR) is 93.0 cm³/mol. The maximum absolute atomic E-state index is 14.1. The molecule has 7 heteroatoms. The van der Waals surface area contributed by atoms with Gasteiger partial charge in [0.25, 0.3) is 0 Å². The fourth-order valence-electron chi connectivity index (χ4n) is 2.14. The van der Waals surface area contributed by atoms with E-state index < -0.39 is 11.8 Å². The van der Waals surface area contributed by atoms with Gasteiger partial charge in [0.05, 0.1) is 12.3 Å². The van der Waals surface area contributed by atoms with Gasteiger partial charge in [-0.25, -0.2) is 14.2 Å². The van der Waals surface area contributed by atoms with Crippen LogP contribution in [0.25, 0.3) is 10.2 Å². The molecule has 4 nitrogen and oxygen atoms in total. The number of rotatable bonds is 4. The first-order valence-corrected chi connectivity index (χ1v) is 8.47. The molecule has 118 valence electrons. The number of anilines is 2. The first kappa shape index (κ1) is 15.9. The number of pyridine rings is 1. The van der Waals surface area contributed by atoms with Crippen LogP contribution in [-0.4, -0.2) is 17.6 Å². The fraction of sp³-hybridized carbons (Fsp3) is 0.125. The van der Waals surface area contributed by atoms with Crippen LogP contribution >= 0.6 is 27.3 Å². The first-order valence-electron chi connectivity index (χ1n) is 6.87. The van der Waals surface area contributed by atoms with Crippen molar-refractivity contribution in [1.82, 2.24) is 4.98 Å². The number of carbonyl (C=O) groups excluding carboxylic acids is 1. The molecule has 0 spiro atoms. The van der Waals surface area contributed by atoms with Gasteiger partial charge in [0.1, 0.15) is 21.2 Å². The van der Waals surface area contributed by atoms with Crippen molar-refractivity contribution >= 4 is 54.1 Å². The molecular weight excluding hydrogens is 383 g/mol. The fourth-order valence-corrected chi connectivity index (χ4v) is 3.52. The van der Waals surface area contributed by atoms with Crippen LogP contribution in [0.4, 0.5) is 15.1 Å². The van der Waals surface area contributed by atoms with Gasteiger partial charge in [-0.15, -0.1) is 0 Å². The number of halogens is 2. The number of carbonyl (C=O) groups is 1. The second kappa shape index (κ2) is 6.64. The normalized spacial score (nSPS) is 10.7. The SMILES string of the molecule is CCOC(=O)c1c(Nc2ccc(Br)cc2F)sc2ncccc12. The van der Waals surface area contributed by atoms with Crippen LogP contribution in [0.1, 0.15) is 17.3 Å². The third-order valence-electron chi connectivity index (χ3n) is 3.13. The molecule has 2 aromatic heterocycles. The molecule has 0 aliphatic carbocycles. The van der Waals surface area contributed by atoms with Crippen molar-refractivity contribution in [3.05, 3.63) is 52.4 Å². The smallest absolute Gasteiger partial charge is 0.341 e. The monoisotopic (exact) mass is 394 g/mol. The van der Waals surface area contributed by atoms with Crippen LogP contribution in [-0.2, 0) is 4.74 Å². The lowest BCUT2D eigenvalue weighted by Gasteiger charge is -2.08. The van der Waals surface area contributed by atoms with Gasteiger partial charge in [0, 0.05) is 16.1 Å². The van der Waals surface area contributed by atoms with E-state index >= 15 is 0 Å². The number of nitrogens with one attached hydrogen (secondary N) is 1. The average molecular weight is 395 g/mol. The quantitative estimate of drug-likeness (QED) is 0.624.